The van der Waals surface area contributed by atoms with Gasteiger partial charge in [0.15, 0.2) is 0 Å². The van der Waals surface area contributed by atoms with E-state index in [-0.39, 0.29) is 11.3 Å². The van der Waals surface area contributed by atoms with Gasteiger partial charge in [-0.05, 0) is 55.6 Å². The lowest BCUT2D eigenvalue weighted by Crippen LogP contribution is -2.18. The molecule has 20 heavy (non-hydrogen) atoms. The van der Waals surface area contributed by atoms with Crippen LogP contribution in [0.25, 0.3) is 0 Å². The fraction of sp³-hybridized carbons (Fsp3) is 0.533. The molecule has 2 saturated carbocycles. The SMILES string of the molecule is N#Cc1ccc(NCC(C2CC2)C2CC2)cc1[N+](=O)[O-]. The summed E-state index contributed by atoms with van der Waals surface area (Å²) in [7, 11) is 0. The maximum absolute atomic E-state index is 10.9. The summed E-state index contributed by atoms with van der Waals surface area (Å²) in [6, 6.07) is 6.59. The van der Waals surface area contributed by atoms with Crippen LogP contribution in [0.2, 0.25) is 0 Å². The Morgan fingerprint density at radius 3 is 2.50 bits per heavy atom. The van der Waals surface area contributed by atoms with Crippen LogP contribution >= 0.6 is 0 Å². The molecule has 0 radical (unpaired) electrons. The average Bonchev–Trinajstić information content (AvgIpc) is 3.31. The van der Waals surface area contributed by atoms with E-state index in [2.05, 4.69) is 5.32 Å². The van der Waals surface area contributed by atoms with Gasteiger partial charge in [-0.3, -0.25) is 10.1 Å². The molecular weight excluding hydrogens is 254 g/mol. The van der Waals surface area contributed by atoms with Crippen LogP contribution in [-0.4, -0.2) is 11.5 Å². The topological polar surface area (TPSA) is 79.0 Å². The van der Waals surface area contributed by atoms with E-state index in [1.165, 1.54) is 37.8 Å². The van der Waals surface area contributed by atoms with Crippen LogP contribution in [-0.2, 0) is 0 Å². The van der Waals surface area contributed by atoms with Crippen LogP contribution < -0.4 is 5.32 Å². The molecule has 2 aliphatic rings. The fourth-order valence-electron chi connectivity index (χ4n) is 2.89. The van der Waals surface area contributed by atoms with Crippen molar-refractivity contribution in [1.29, 1.82) is 5.26 Å². The van der Waals surface area contributed by atoms with Gasteiger partial charge in [-0.2, -0.15) is 5.26 Å². The smallest absolute Gasteiger partial charge is 0.289 e. The normalized spacial score (nSPS) is 17.8. The third-order valence-electron chi connectivity index (χ3n) is 4.31. The summed E-state index contributed by atoms with van der Waals surface area (Å²) >= 11 is 0. The monoisotopic (exact) mass is 271 g/mol. The molecule has 0 unspecified atom stereocenters. The van der Waals surface area contributed by atoms with E-state index < -0.39 is 4.92 Å². The molecule has 0 amide bonds. The summed E-state index contributed by atoms with van der Waals surface area (Å²) in [6.07, 6.45) is 5.32. The standard InChI is InChI=1S/C15H17N3O2/c16-8-12-5-6-13(7-15(12)18(19)20)17-9-14(10-1-2-10)11-3-4-11/h5-7,10-11,14,17H,1-4,9H2. The Balaban J connectivity index is 1.69. The lowest BCUT2D eigenvalue weighted by atomic mass is 9.98. The highest BCUT2D eigenvalue weighted by atomic mass is 16.6. The van der Waals surface area contributed by atoms with E-state index in [9.17, 15) is 10.1 Å². The number of nitrogens with zero attached hydrogens (tertiary/aromatic N) is 2. The molecule has 0 aromatic heterocycles. The van der Waals surface area contributed by atoms with Crippen molar-refractivity contribution in [2.45, 2.75) is 25.7 Å². The van der Waals surface area contributed by atoms with E-state index in [0.717, 1.165) is 24.1 Å². The summed E-state index contributed by atoms with van der Waals surface area (Å²) < 4.78 is 0. The van der Waals surface area contributed by atoms with Gasteiger partial charge in [0.25, 0.3) is 5.69 Å². The number of nitrogens with one attached hydrogen (secondary N) is 1. The van der Waals surface area contributed by atoms with Crippen molar-refractivity contribution in [2.24, 2.45) is 17.8 Å². The van der Waals surface area contributed by atoms with Crippen LogP contribution in [0.3, 0.4) is 0 Å². The molecule has 2 fully saturated rings. The number of anilines is 1. The lowest BCUT2D eigenvalue weighted by molar-refractivity contribution is -0.385. The zero-order valence-electron chi connectivity index (χ0n) is 11.2. The van der Waals surface area contributed by atoms with Gasteiger partial charge in [0.2, 0.25) is 0 Å². The zero-order valence-corrected chi connectivity index (χ0v) is 11.2. The molecule has 5 nitrogen and oxygen atoms in total. The van der Waals surface area contributed by atoms with Crippen molar-refractivity contribution in [2.75, 3.05) is 11.9 Å². The fourth-order valence-corrected chi connectivity index (χ4v) is 2.89. The lowest BCUT2D eigenvalue weighted by Gasteiger charge is -2.17. The second-order valence-electron chi connectivity index (χ2n) is 5.82. The number of benzene rings is 1. The number of hydrogen-bond acceptors (Lipinski definition) is 4. The van der Waals surface area contributed by atoms with E-state index in [4.69, 9.17) is 5.26 Å². The molecule has 104 valence electrons. The van der Waals surface area contributed by atoms with Gasteiger partial charge in [0.05, 0.1) is 4.92 Å². The predicted octanol–water partition coefficient (Wildman–Crippen LogP) is 3.31. The third kappa shape index (κ3) is 2.74. The van der Waals surface area contributed by atoms with Gasteiger partial charge in [-0.1, -0.05) is 0 Å². The number of nitro benzene ring substituents is 1. The molecule has 0 heterocycles. The number of hydrogen-bond donors (Lipinski definition) is 1. The van der Waals surface area contributed by atoms with Crippen LogP contribution in [0.4, 0.5) is 11.4 Å². The van der Waals surface area contributed by atoms with E-state index in [0.29, 0.717) is 5.92 Å². The molecule has 0 atom stereocenters. The summed E-state index contributed by atoms with van der Waals surface area (Å²) in [6.45, 7) is 0.887. The van der Waals surface area contributed by atoms with Gasteiger partial charge < -0.3 is 5.32 Å². The number of nitriles is 1. The van der Waals surface area contributed by atoms with E-state index in [1.54, 1.807) is 6.07 Å². The van der Waals surface area contributed by atoms with Crippen molar-refractivity contribution in [3.8, 4) is 6.07 Å². The summed E-state index contributed by atoms with van der Waals surface area (Å²) in [4.78, 5) is 10.4. The Labute approximate surface area is 117 Å². The van der Waals surface area contributed by atoms with Crippen molar-refractivity contribution >= 4 is 11.4 Å². The van der Waals surface area contributed by atoms with Crippen molar-refractivity contribution in [3.63, 3.8) is 0 Å². The maximum atomic E-state index is 10.9. The first kappa shape index (κ1) is 12.9. The molecule has 0 bridgehead atoms. The number of rotatable bonds is 6. The second kappa shape index (κ2) is 5.12. The average molecular weight is 271 g/mol. The number of nitro groups is 1. The van der Waals surface area contributed by atoms with Gasteiger partial charge in [0.1, 0.15) is 11.6 Å². The van der Waals surface area contributed by atoms with Gasteiger partial charge in [-0.25, -0.2) is 0 Å². The summed E-state index contributed by atoms with van der Waals surface area (Å²) in [5, 5.41) is 23.1. The zero-order chi connectivity index (χ0) is 14.1. The Hall–Kier alpha value is -2.09. The molecule has 3 rings (SSSR count). The molecule has 0 saturated heterocycles. The Bertz CT molecular complexity index is 559. The summed E-state index contributed by atoms with van der Waals surface area (Å²) in [5.74, 6) is 2.41. The Kier molecular flexibility index (Phi) is 3.31. The largest absolute Gasteiger partial charge is 0.385 e. The molecule has 5 heteroatoms. The van der Waals surface area contributed by atoms with Gasteiger partial charge in [0, 0.05) is 18.3 Å². The highest BCUT2D eigenvalue weighted by Crippen LogP contribution is 2.49. The highest BCUT2D eigenvalue weighted by Gasteiger charge is 2.41. The molecule has 0 spiro atoms. The van der Waals surface area contributed by atoms with Crippen LogP contribution in [0.5, 0.6) is 0 Å². The predicted molar refractivity (Wildman–Crippen MR) is 75.2 cm³/mol. The minimum atomic E-state index is -0.497. The Morgan fingerprint density at radius 1 is 1.35 bits per heavy atom. The Morgan fingerprint density at radius 2 is 2.00 bits per heavy atom. The van der Waals surface area contributed by atoms with Gasteiger partial charge >= 0.3 is 0 Å². The van der Waals surface area contributed by atoms with E-state index >= 15 is 0 Å². The molecule has 2 aliphatic carbocycles. The molecule has 0 aliphatic heterocycles. The first-order valence-electron chi connectivity index (χ1n) is 7.11. The molecule has 1 N–H and O–H groups in total. The quantitative estimate of drug-likeness (QED) is 0.636. The van der Waals surface area contributed by atoms with Crippen molar-refractivity contribution < 1.29 is 4.92 Å². The highest BCUT2D eigenvalue weighted by molar-refractivity contribution is 5.59. The van der Waals surface area contributed by atoms with Crippen LogP contribution in [0.1, 0.15) is 31.2 Å². The molecule has 1 aromatic carbocycles. The third-order valence-corrected chi connectivity index (χ3v) is 4.31. The first-order valence-corrected chi connectivity index (χ1v) is 7.11. The second-order valence-corrected chi connectivity index (χ2v) is 5.82. The molecular formula is C15H17N3O2. The summed E-state index contributed by atoms with van der Waals surface area (Å²) in [5.41, 5.74) is 0.732. The van der Waals surface area contributed by atoms with Crippen molar-refractivity contribution in [3.05, 3.63) is 33.9 Å². The maximum Gasteiger partial charge on any atom is 0.289 e. The molecule has 1 aromatic rings. The first-order chi connectivity index (χ1) is 9.69. The van der Waals surface area contributed by atoms with E-state index in [1.807, 2.05) is 6.07 Å². The minimum absolute atomic E-state index is 0.112. The van der Waals surface area contributed by atoms with Crippen molar-refractivity contribution in [1.82, 2.24) is 0 Å². The van der Waals surface area contributed by atoms with Crippen LogP contribution in [0, 0.1) is 39.2 Å². The minimum Gasteiger partial charge on any atom is -0.385 e. The van der Waals surface area contributed by atoms with Gasteiger partial charge in [-0.15, -0.1) is 0 Å². The van der Waals surface area contributed by atoms with Crippen LogP contribution in [0.15, 0.2) is 18.2 Å².